The van der Waals surface area contributed by atoms with Crippen molar-refractivity contribution in [3.63, 3.8) is 0 Å². The minimum Gasteiger partial charge on any atom is -0.369 e. The van der Waals surface area contributed by atoms with Crippen LogP contribution in [0.4, 0.5) is 5.69 Å². The third-order valence-corrected chi connectivity index (χ3v) is 2.87. The van der Waals surface area contributed by atoms with Crippen molar-refractivity contribution < 1.29 is 0 Å². The molecule has 0 aliphatic carbocycles. The van der Waals surface area contributed by atoms with Crippen molar-refractivity contribution in [2.45, 2.75) is 13.8 Å². The lowest BCUT2D eigenvalue weighted by molar-refractivity contribution is 0.863. The molecule has 0 unspecified atom stereocenters. The summed E-state index contributed by atoms with van der Waals surface area (Å²) in [5, 5.41) is 0. The van der Waals surface area contributed by atoms with Crippen molar-refractivity contribution in [3.8, 4) is 0 Å². The molecule has 1 aromatic carbocycles. The highest BCUT2D eigenvalue weighted by molar-refractivity contribution is 14.1. The molecule has 1 aromatic rings. The van der Waals surface area contributed by atoms with E-state index in [4.69, 9.17) is 0 Å². The second-order valence-electron chi connectivity index (χ2n) is 2.97. The van der Waals surface area contributed by atoms with E-state index in [2.05, 4.69) is 41.3 Å². The summed E-state index contributed by atoms with van der Waals surface area (Å²) >= 11 is 2.21. The molecule has 0 N–H and O–H groups in total. The first-order valence-corrected chi connectivity index (χ1v) is 5.81. The minimum absolute atomic E-state index is 0.0941. The van der Waals surface area contributed by atoms with E-state index >= 15 is 0 Å². The molecule has 0 radical (unpaired) electrons. The molecular weight excluding hydrogens is 289 g/mol. The van der Waals surface area contributed by atoms with Crippen LogP contribution < -0.4 is 10.3 Å². The van der Waals surface area contributed by atoms with E-state index in [9.17, 15) is 4.79 Å². The average molecular weight is 303 g/mol. The molecule has 2 nitrogen and oxygen atoms in total. The third-order valence-electron chi connectivity index (χ3n) is 2.15. The minimum atomic E-state index is 0.0941. The van der Waals surface area contributed by atoms with Crippen molar-refractivity contribution in [2.75, 3.05) is 18.0 Å². The maximum atomic E-state index is 11.7. The quantitative estimate of drug-likeness (QED) is 0.800. The van der Waals surface area contributed by atoms with E-state index in [1.54, 1.807) is 6.07 Å². The molecule has 76 valence electrons. The summed E-state index contributed by atoms with van der Waals surface area (Å²) < 4.78 is 1.08. The van der Waals surface area contributed by atoms with E-state index in [1.165, 1.54) is 0 Å². The predicted octanol–water partition coefficient (Wildman–Crippen LogP) is 2.50. The molecule has 3 heteroatoms. The van der Waals surface area contributed by atoms with Gasteiger partial charge in [0.15, 0.2) is 0 Å². The van der Waals surface area contributed by atoms with E-state index in [0.29, 0.717) is 0 Å². The maximum Gasteiger partial charge on any atom is 0.201 e. The topological polar surface area (TPSA) is 20.3 Å². The fourth-order valence-electron chi connectivity index (χ4n) is 1.36. The highest BCUT2D eigenvalue weighted by Gasteiger charge is 2.03. The molecule has 0 saturated carbocycles. The zero-order valence-electron chi connectivity index (χ0n) is 8.46. The van der Waals surface area contributed by atoms with Crippen LogP contribution >= 0.6 is 22.6 Å². The highest BCUT2D eigenvalue weighted by Crippen LogP contribution is 2.08. The lowest BCUT2D eigenvalue weighted by atomic mass is 10.3. The van der Waals surface area contributed by atoms with Gasteiger partial charge in [0, 0.05) is 16.7 Å². The van der Waals surface area contributed by atoms with Gasteiger partial charge < -0.3 is 4.90 Å². The molecular formula is C11H14INO. The summed E-state index contributed by atoms with van der Waals surface area (Å²) in [6.45, 7) is 5.85. The van der Waals surface area contributed by atoms with Gasteiger partial charge in [-0.05, 0) is 60.7 Å². The van der Waals surface area contributed by atoms with Crippen LogP contribution in [0.2, 0.25) is 0 Å². The van der Waals surface area contributed by atoms with Gasteiger partial charge in [-0.15, -0.1) is 0 Å². The monoisotopic (exact) mass is 303 g/mol. The van der Waals surface area contributed by atoms with Crippen molar-refractivity contribution in [3.05, 3.63) is 38.1 Å². The Morgan fingerprint density at radius 2 is 1.71 bits per heavy atom. The second-order valence-corrected chi connectivity index (χ2v) is 4.22. The van der Waals surface area contributed by atoms with Crippen molar-refractivity contribution in [1.29, 1.82) is 0 Å². The van der Waals surface area contributed by atoms with Crippen molar-refractivity contribution in [1.82, 2.24) is 0 Å². The Bertz CT molecular complexity index is 361. The molecule has 14 heavy (non-hydrogen) atoms. The van der Waals surface area contributed by atoms with E-state index in [-0.39, 0.29) is 5.43 Å². The molecule has 0 aromatic heterocycles. The Morgan fingerprint density at radius 1 is 1.14 bits per heavy atom. The molecule has 0 aliphatic heterocycles. The van der Waals surface area contributed by atoms with Gasteiger partial charge in [-0.2, -0.15) is 0 Å². The molecule has 0 aliphatic rings. The lowest BCUT2D eigenvalue weighted by Gasteiger charge is -2.18. The Balaban J connectivity index is 3.22. The molecule has 0 spiro atoms. The maximum absolute atomic E-state index is 11.7. The van der Waals surface area contributed by atoms with E-state index in [1.807, 2.05) is 18.2 Å². The molecule has 0 saturated heterocycles. The Labute approximate surface area is 98.1 Å². The van der Waals surface area contributed by atoms with Crippen molar-refractivity contribution >= 4 is 28.3 Å². The second kappa shape index (κ2) is 5.34. The Kier molecular flexibility index (Phi) is 4.38. The van der Waals surface area contributed by atoms with Gasteiger partial charge in [0.2, 0.25) is 5.43 Å². The van der Waals surface area contributed by atoms with Gasteiger partial charge in [0.1, 0.15) is 0 Å². The fraction of sp³-hybridized carbons (Fsp3) is 0.364. The van der Waals surface area contributed by atoms with Gasteiger partial charge >= 0.3 is 0 Å². The average Bonchev–Trinajstić information content (AvgIpc) is 2.34. The smallest absolute Gasteiger partial charge is 0.201 e. The largest absolute Gasteiger partial charge is 0.369 e. The normalized spacial score (nSPS) is 9.93. The zero-order valence-corrected chi connectivity index (χ0v) is 10.6. The van der Waals surface area contributed by atoms with Crippen LogP contribution in [-0.2, 0) is 0 Å². The van der Waals surface area contributed by atoms with Crippen LogP contribution in [0, 0.1) is 3.57 Å². The van der Waals surface area contributed by atoms with Crippen LogP contribution in [0.15, 0.2) is 29.1 Å². The van der Waals surface area contributed by atoms with Crippen LogP contribution in [-0.4, -0.2) is 13.1 Å². The van der Waals surface area contributed by atoms with Crippen LogP contribution in [0.25, 0.3) is 0 Å². The predicted molar refractivity (Wildman–Crippen MR) is 69.0 cm³/mol. The van der Waals surface area contributed by atoms with Gasteiger partial charge in [-0.3, -0.25) is 4.79 Å². The summed E-state index contributed by atoms with van der Waals surface area (Å²) in [5.41, 5.74) is 0.884. The van der Waals surface area contributed by atoms with E-state index in [0.717, 1.165) is 22.3 Å². The van der Waals surface area contributed by atoms with Crippen molar-refractivity contribution in [2.24, 2.45) is 0 Å². The van der Waals surface area contributed by atoms with Gasteiger partial charge in [0.25, 0.3) is 0 Å². The first kappa shape index (κ1) is 11.5. The summed E-state index contributed by atoms with van der Waals surface area (Å²) in [4.78, 5) is 13.8. The van der Waals surface area contributed by atoms with Gasteiger partial charge in [0.05, 0.1) is 5.69 Å². The van der Waals surface area contributed by atoms with Gasteiger partial charge in [-0.1, -0.05) is 0 Å². The van der Waals surface area contributed by atoms with Crippen LogP contribution in [0.5, 0.6) is 0 Å². The number of anilines is 1. The Morgan fingerprint density at radius 3 is 2.29 bits per heavy atom. The molecule has 0 amide bonds. The molecule has 1 rings (SSSR count). The summed E-state index contributed by atoms with van der Waals surface area (Å²) in [5.74, 6) is 0. The molecule has 0 heterocycles. The highest BCUT2D eigenvalue weighted by atomic mass is 127. The summed E-state index contributed by atoms with van der Waals surface area (Å²) in [7, 11) is 0. The SMILES string of the molecule is CCN(CC)c1ccc(I)ccc1=O. The van der Waals surface area contributed by atoms with Crippen LogP contribution in [0.3, 0.4) is 0 Å². The third kappa shape index (κ3) is 2.70. The first-order chi connectivity index (χ1) is 6.69. The van der Waals surface area contributed by atoms with Gasteiger partial charge in [-0.25, -0.2) is 0 Å². The Hall–Kier alpha value is -0.580. The standard InChI is InChI=1S/C11H14INO/c1-3-13(4-2)10-7-5-9(12)6-8-11(10)14/h5-8H,3-4H2,1-2H3. The summed E-state index contributed by atoms with van der Waals surface area (Å²) in [6, 6.07) is 7.35. The molecule has 0 bridgehead atoms. The van der Waals surface area contributed by atoms with Crippen LogP contribution in [0.1, 0.15) is 13.8 Å². The number of hydrogen-bond acceptors (Lipinski definition) is 2. The number of halogens is 1. The van der Waals surface area contributed by atoms with E-state index < -0.39 is 0 Å². The lowest BCUT2D eigenvalue weighted by Crippen LogP contribution is -2.26. The molecule has 0 atom stereocenters. The first-order valence-electron chi connectivity index (χ1n) is 4.73. The fourth-order valence-corrected chi connectivity index (χ4v) is 1.72. The summed E-state index contributed by atoms with van der Waals surface area (Å²) in [6.07, 6.45) is 0. The number of nitrogens with zero attached hydrogens (tertiary/aromatic N) is 1. The number of rotatable bonds is 3. The molecule has 0 fully saturated rings. The number of hydrogen-bond donors (Lipinski definition) is 0. The zero-order chi connectivity index (χ0) is 10.6.